The van der Waals surface area contributed by atoms with Gasteiger partial charge in [-0.05, 0) is 53.9 Å². The fourth-order valence-corrected chi connectivity index (χ4v) is 3.51. The number of benzene rings is 1. The van der Waals surface area contributed by atoms with E-state index in [1.807, 2.05) is 0 Å². The van der Waals surface area contributed by atoms with Crippen molar-refractivity contribution in [2.75, 3.05) is 7.11 Å². The predicted octanol–water partition coefficient (Wildman–Crippen LogP) is 3.80. The maximum atomic E-state index is 10.7. The van der Waals surface area contributed by atoms with Crippen LogP contribution in [0.25, 0.3) is 0 Å². The van der Waals surface area contributed by atoms with Crippen LogP contribution in [-0.4, -0.2) is 13.4 Å². The van der Waals surface area contributed by atoms with Crippen molar-refractivity contribution in [2.45, 2.75) is 0 Å². The van der Waals surface area contributed by atoms with Gasteiger partial charge in [0.2, 0.25) is 0 Å². The second-order valence-electron chi connectivity index (χ2n) is 2.22. The number of carbonyl (C=O) groups is 1. The second kappa shape index (κ2) is 4.57. The molecule has 0 amide bonds. The van der Waals surface area contributed by atoms with Crippen LogP contribution in [-0.2, 0) is 0 Å². The Morgan fingerprint density at radius 1 is 1.31 bits per heavy atom. The molecule has 13 heavy (non-hydrogen) atoms. The molecule has 0 aliphatic rings. The molecule has 0 atom stereocenters. The summed E-state index contributed by atoms with van der Waals surface area (Å²) in [7, 11) is 1.55. The maximum absolute atomic E-state index is 10.7. The summed E-state index contributed by atoms with van der Waals surface area (Å²) in [5.41, 5.74) is 0.542. The third kappa shape index (κ3) is 2.14. The average molecular weight is 373 g/mol. The third-order valence-corrected chi connectivity index (χ3v) is 3.52. The van der Waals surface area contributed by atoms with Crippen LogP contribution in [0.4, 0.5) is 0 Å². The zero-order chi connectivity index (χ0) is 10.0. The molecule has 0 radical (unpaired) electrons. The number of halogens is 3. The lowest BCUT2D eigenvalue weighted by Gasteiger charge is -2.09. The van der Waals surface area contributed by atoms with Gasteiger partial charge in [-0.2, -0.15) is 0 Å². The molecule has 5 heteroatoms. The van der Waals surface area contributed by atoms with Crippen molar-refractivity contribution in [3.8, 4) is 5.75 Å². The number of aldehydes is 1. The largest absolute Gasteiger partial charge is 0.494 e. The van der Waals surface area contributed by atoms with Gasteiger partial charge in [-0.3, -0.25) is 4.79 Å². The highest BCUT2D eigenvalue weighted by atomic mass is 79.9. The summed E-state index contributed by atoms with van der Waals surface area (Å²) in [6.45, 7) is 0. The molecule has 0 unspecified atom stereocenters. The first-order valence-corrected chi connectivity index (χ1v) is 5.66. The van der Waals surface area contributed by atoms with E-state index in [1.54, 1.807) is 13.2 Å². The molecule has 0 aromatic heterocycles. The minimum absolute atomic E-state index is 0.542. The van der Waals surface area contributed by atoms with Gasteiger partial charge in [-0.1, -0.05) is 0 Å². The van der Waals surface area contributed by atoms with Gasteiger partial charge in [0.05, 0.1) is 16.1 Å². The van der Waals surface area contributed by atoms with Gasteiger partial charge in [0.15, 0.2) is 6.29 Å². The summed E-state index contributed by atoms with van der Waals surface area (Å²) in [6.07, 6.45) is 0.767. The number of carbonyl (C=O) groups excluding carboxylic acids is 1. The summed E-state index contributed by atoms with van der Waals surface area (Å²) in [5, 5.41) is 0. The third-order valence-electron chi connectivity index (χ3n) is 1.49. The van der Waals surface area contributed by atoms with Crippen LogP contribution < -0.4 is 4.74 Å². The molecule has 1 aromatic rings. The Labute approximate surface area is 101 Å². The Kier molecular flexibility index (Phi) is 3.94. The summed E-state index contributed by atoms with van der Waals surface area (Å²) >= 11 is 9.88. The van der Waals surface area contributed by atoms with Crippen LogP contribution in [0.1, 0.15) is 10.4 Å². The van der Waals surface area contributed by atoms with Crippen molar-refractivity contribution in [3.63, 3.8) is 0 Å². The monoisotopic (exact) mass is 370 g/mol. The minimum atomic E-state index is 0.542. The Morgan fingerprint density at radius 2 is 1.92 bits per heavy atom. The lowest BCUT2D eigenvalue weighted by atomic mass is 10.2. The fraction of sp³-hybridized carbons (Fsp3) is 0.125. The molecule has 70 valence electrons. The van der Waals surface area contributed by atoms with E-state index in [-0.39, 0.29) is 0 Å². The molecule has 0 heterocycles. The number of hydrogen-bond donors (Lipinski definition) is 0. The van der Waals surface area contributed by atoms with Gasteiger partial charge in [-0.25, -0.2) is 0 Å². The zero-order valence-electron chi connectivity index (χ0n) is 6.61. The Bertz CT molecular complexity index is 350. The highest BCUT2D eigenvalue weighted by Gasteiger charge is 2.13. The van der Waals surface area contributed by atoms with Crippen LogP contribution in [0.3, 0.4) is 0 Å². The number of rotatable bonds is 2. The molecular formula is C8H5Br3O2. The minimum Gasteiger partial charge on any atom is -0.494 e. The van der Waals surface area contributed by atoms with Gasteiger partial charge in [0.1, 0.15) is 5.75 Å². The van der Waals surface area contributed by atoms with E-state index >= 15 is 0 Å². The zero-order valence-corrected chi connectivity index (χ0v) is 11.4. The van der Waals surface area contributed by atoms with Crippen LogP contribution >= 0.6 is 47.8 Å². The van der Waals surface area contributed by atoms with E-state index in [1.165, 1.54) is 0 Å². The fourth-order valence-electron chi connectivity index (χ4n) is 0.882. The highest BCUT2D eigenvalue weighted by Crippen LogP contribution is 2.39. The smallest absolute Gasteiger partial charge is 0.152 e. The molecule has 0 aliphatic carbocycles. The van der Waals surface area contributed by atoms with Crippen molar-refractivity contribution in [3.05, 3.63) is 25.0 Å². The van der Waals surface area contributed by atoms with Crippen molar-refractivity contribution >= 4 is 54.1 Å². The van der Waals surface area contributed by atoms with E-state index in [2.05, 4.69) is 47.8 Å². The van der Waals surface area contributed by atoms with Crippen LogP contribution in [0.5, 0.6) is 5.75 Å². The topological polar surface area (TPSA) is 26.3 Å². The number of hydrogen-bond acceptors (Lipinski definition) is 2. The van der Waals surface area contributed by atoms with Crippen LogP contribution in [0, 0.1) is 0 Å². The summed E-state index contributed by atoms with van der Waals surface area (Å²) in [5.74, 6) is 0.616. The molecule has 0 saturated heterocycles. The van der Waals surface area contributed by atoms with Gasteiger partial charge in [0, 0.05) is 10.0 Å². The average Bonchev–Trinajstić information content (AvgIpc) is 2.04. The van der Waals surface area contributed by atoms with E-state index in [0.29, 0.717) is 15.8 Å². The summed E-state index contributed by atoms with van der Waals surface area (Å²) in [6, 6.07) is 1.77. The molecule has 1 rings (SSSR count). The first-order valence-electron chi connectivity index (χ1n) is 3.28. The van der Waals surface area contributed by atoms with E-state index in [9.17, 15) is 4.79 Å². The Hall–Kier alpha value is 0.130. The summed E-state index contributed by atoms with van der Waals surface area (Å²) < 4.78 is 7.26. The number of ether oxygens (including phenoxy) is 1. The quantitative estimate of drug-likeness (QED) is 0.738. The molecule has 0 aliphatic heterocycles. The first kappa shape index (κ1) is 11.2. The maximum Gasteiger partial charge on any atom is 0.152 e. The molecular weight excluding hydrogens is 368 g/mol. The predicted molar refractivity (Wildman–Crippen MR) is 61.5 cm³/mol. The van der Waals surface area contributed by atoms with Gasteiger partial charge < -0.3 is 4.74 Å². The van der Waals surface area contributed by atoms with Crippen LogP contribution in [0.2, 0.25) is 0 Å². The van der Waals surface area contributed by atoms with Gasteiger partial charge in [-0.15, -0.1) is 0 Å². The molecule has 2 nitrogen and oxygen atoms in total. The molecule has 0 fully saturated rings. The Balaban J connectivity index is 3.47. The van der Waals surface area contributed by atoms with Gasteiger partial charge in [0.25, 0.3) is 0 Å². The Morgan fingerprint density at radius 3 is 2.38 bits per heavy atom. The first-order chi connectivity index (χ1) is 6.11. The van der Waals surface area contributed by atoms with Crippen molar-refractivity contribution in [2.24, 2.45) is 0 Å². The second-order valence-corrected chi connectivity index (χ2v) is 4.72. The lowest BCUT2D eigenvalue weighted by Crippen LogP contribution is -1.92. The molecule has 0 bridgehead atoms. The highest BCUT2D eigenvalue weighted by molar-refractivity contribution is 9.11. The number of methoxy groups -OCH3 is 1. The molecule has 1 aromatic carbocycles. The standard InChI is InChI=1S/C8H5Br3O2/c1-13-8-6(10)2-5(9)4(3-12)7(8)11/h2-3H,1H3. The SMILES string of the molecule is COc1c(Br)cc(Br)c(C=O)c1Br. The van der Waals surface area contributed by atoms with Crippen molar-refractivity contribution < 1.29 is 9.53 Å². The van der Waals surface area contributed by atoms with E-state index < -0.39 is 0 Å². The van der Waals surface area contributed by atoms with E-state index in [0.717, 1.165) is 15.2 Å². The normalized spacial score (nSPS) is 9.85. The van der Waals surface area contributed by atoms with Crippen molar-refractivity contribution in [1.82, 2.24) is 0 Å². The van der Waals surface area contributed by atoms with E-state index in [4.69, 9.17) is 4.74 Å². The van der Waals surface area contributed by atoms with Crippen molar-refractivity contribution in [1.29, 1.82) is 0 Å². The summed E-state index contributed by atoms with van der Waals surface area (Å²) in [4.78, 5) is 10.7. The van der Waals surface area contributed by atoms with Crippen LogP contribution in [0.15, 0.2) is 19.5 Å². The van der Waals surface area contributed by atoms with Gasteiger partial charge >= 0.3 is 0 Å². The molecule has 0 spiro atoms. The molecule has 0 N–H and O–H groups in total. The molecule has 0 saturated carbocycles. The lowest BCUT2D eigenvalue weighted by molar-refractivity contribution is 0.112.